The highest BCUT2D eigenvalue weighted by molar-refractivity contribution is 7.98. The molecule has 29 heavy (non-hydrogen) atoms. The average Bonchev–Trinajstić information content (AvgIpc) is 2.77. The number of nitrogens with one attached hydrogen (secondary N) is 1. The molecule has 0 spiro atoms. The van der Waals surface area contributed by atoms with Crippen LogP contribution in [0.4, 0.5) is 5.69 Å². The number of anilines is 1. The number of rotatable bonds is 9. The van der Waals surface area contributed by atoms with Gasteiger partial charge in [0, 0.05) is 47.1 Å². The first-order valence-electron chi connectivity index (χ1n) is 9.63. The fraction of sp³-hybridized carbons (Fsp3) is 0.208. The van der Waals surface area contributed by atoms with E-state index in [-0.39, 0.29) is 5.91 Å². The van der Waals surface area contributed by atoms with Gasteiger partial charge in [-0.15, -0.1) is 11.8 Å². The van der Waals surface area contributed by atoms with Crippen LogP contribution < -0.4 is 10.2 Å². The van der Waals surface area contributed by atoms with E-state index in [2.05, 4.69) is 29.4 Å². The number of carbonyl (C=O) groups excluding carboxylic acids is 1. The third-order valence-corrected chi connectivity index (χ3v) is 5.92. The lowest BCUT2D eigenvalue weighted by Gasteiger charge is -2.19. The molecule has 3 aromatic carbocycles. The first kappa shape index (κ1) is 21.3. The highest BCUT2D eigenvalue weighted by atomic mass is 35.5. The van der Waals surface area contributed by atoms with Crippen LogP contribution in [0.2, 0.25) is 5.02 Å². The van der Waals surface area contributed by atoms with Crippen LogP contribution in [0.15, 0.2) is 83.8 Å². The largest absolute Gasteiger partial charge is 0.375 e. The highest BCUT2D eigenvalue weighted by Crippen LogP contribution is 2.24. The van der Waals surface area contributed by atoms with E-state index in [1.807, 2.05) is 66.7 Å². The molecule has 0 aliphatic heterocycles. The Labute approximate surface area is 182 Å². The summed E-state index contributed by atoms with van der Waals surface area (Å²) >= 11 is 7.67. The van der Waals surface area contributed by atoms with E-state index in [0.29, 0.717) is 12.1 Å². The standard InChI is InChI=1S/C24H25ClN2OS/c1-27(22-6-3-2-4-7-22)17-5-16-26-24(28)20-10-8-19(9-11-20)18-29-23-14-12-21(25)13-15-23/h2-4,6-15H,5,16-18H2,1H3,(H,26,28). The van der Waals surface area contributed by atoms with Gasteiger partial charge in [0.25, 0.3) is 5.91 Å². The van der Waals surface area contributed by atoms with Crippen LogP contribution in [0.1, 0.15) is 22.3 Å². The molecule has 3 nitrogen and oxygen atoms in total. The highest BCUT2D eigenvalue weighted by Gasteiger charge is 2.06. The molecule has 0 saturated heterocycles. The Bertz CT molecular complexity index is 898. The van der Waals surface area contributed by atoms with Crippen molar-refractivity contribution in [1.82, 2.24) is 5.32 Å². The average molecular weight is 425 g/mol. The molecule has 0 heterocycles. The second kappa shape index (κ2) is 10.9. The van der Waals surface area contributed by atoms with Gasteiger partial charge in [0.15, 0.2) is 0 Å². The summed E-state index contributed by atoms with van der Waals surface area (Å²) in [4.78, 5) is 15.7. The molecule has 0 bridgehead atoms. The molecule has 1 amide bonds. The van der Waals surface area contributed by atoms with Crippen molar-refractivity contribution in [3.05, 3.63) is 95.0 Å². The van der Waals surface area contributed by atoms with Crippen LogP contribution in [-0.2, 0) is 5.75 Å². The van der Waals surface area contributed by atoms with Crippen LogP contribution >= 0.6 is 23.4 Å². The minimum atomic E-state index is -0.0238. The lowest BCUT2D eigenvalue weighted by Crippen LogP contribution is -2.28. The first-order chi connectivity index (χ1) is 14.1. The fourth-order valence-corrected chi connectivity index (χ4v) is 3.86. The summed E-state index contributed by atoms with van der Waals surface area (Å²) in [7, 11) is 2.07. The molecule has 0 aromatic heterocycles. The van der Waals surface area contributed by atoms with Crippen molar-refractivity contribution in [1.29, 1.82) is 0 Å². The summed E-state index contributed by atoms with van der Waals surface area (Å²) in [6.45, 7) is 1.55. The van der Waals surface area contributed by atoms with Crippen LogP contribution in [0.25, 0.3) is 0 Å². The van der Waals surface area contributed by atoms with Gasteiger partial charge in [-0.2, -0.15) is 0 Å². The van der Waals surface area contributed by atoms with Gasteiger partial charge < -0.3 is 10.2 Å². The Morgan fingerprint density at radius 2 is 1.66 bits per heavy atom. The van der Waals surface area contributed by atoms with Crippen LogP contribution in [-0.4, -0.2) is 26.0 Å². The van der Waals surface area contributed by atoms with Crippen LogP contribution in [0, 0.1) is 0 Å². The number of hydrogen-bond acceptors (Lipinski definition) is 3. The topological polar surface area (TPSA) is 32.3 Å². The predicted molar refractivity (Wildman–Crippen MR) is 124 cm³/mol. The Morgan fingerprint density at radius 1 is 0.966 bits per heavy atom. The monoisotopic (exact) mass is 424 g/mol. The number of thioether (sulfide) groups is 1. The van der Waals surface area contributed by atoms with E-state index in [1.165, 1.54) is 16.1 Å². The summed E-state index contributed by atoms with van der Waals surface area (Å²) in [6.07, 6.45) is 0.896. The minimum absolute atomic E-state index is 0.0238. The zero-order valence-corrected chi connectivity index (χ0v) is 18.0. The third-order valence-electron chi connectivity index (χ3n) is 4.59. The van der Waals surface area contributed by atoms with Crippen LogP contribution in [0.3, 0.4) is 0 Å². The van der Waals surface area contributed by atoms with Crippen molar-refractivity contribution in [2.45, 2.75) is 17.1 Å². The number of nitrogens with zero attached hydrogens (tertiary/aromatic N) is 1. The summed E-state index contributed by atoms with van der Waals surface area (Å²) in [6, 6.07) is 25.9. The number of carbonyl (C=O) groups is 1. The molecule has 0 unspecified atom stereocenters. The van der Waals surface area contributed by atoms with Crippen molar-refractivity contribution in [3.8, 4) is 0 Å². The molecule has 5 heteroatoms. The molecule has 0 aliphatic rings. The molecule has 0 saturated carbocycles. The van der Waals surface area contributed by atoms with Gasteiger partial charge in [0.05, 0.1) is 0 Å². The molecule has 3 rings (SSSR count). The summed E-state index contributed by atoms with van der Waals surface area (Å²) in [5.74, 6) is 0.833. The SMILES string of the molecule is CN(CCCNC(=O)c1ccc(CSc2ccc(Cl)cc2)cc1)c1ccccc1. The van der Waals surface area contributed by atoms with E-state index in [0.717, 1.165) is 23.7 Å². The number of benzene rings is 3. The van der Waals surface area contributed by atoms with Gasteiger partial charge in [-0.05, 0) is 60.5 Å². The molecule has 3 aromatic rings. The Hall–Kier alpha value is -2.43. The number of halogens is 1. The van der Waals surface area contributed by atoms with Crippen molar-refractivity contribution < 1.29 is 4.79 Å². The van der Waals surface area contributed by atoms with Crippen molar-refractivity contribution in [2.75, 3.05) is 25.0 Å². The predicted octanol–water partition coefficient (Wildman–Crippen LogP) is 5.89. The quantitative estimate of drug-likeness (QED) is 0.343. The maximum Gasteiger partial charge on any atom is 0.251 e. The van der Waals surface area contributed by atoms with Gasteiger partial charge in [0.1, 0.15) is 0 Å². The molecule has 0 fully saturated rings. The second-order valence-electron chi connectivity index (χ2n) is 6.81. The molecule has 150 valence electrons. The maximum absolute atomic E-state index is 12.3. The number of hydrogen-bond donors (Lipinski definition) is 1. The van der Waals surface area contributed by atoms with E-state index in [1.54, 1.807) is 11.8 Å². The Balaban J connectivity index is 1.40. The maximum atomic E-state index is 12.3. The molecular weight excluding hydrogens is 400 g/mol. The van der Waals surface area contributed by atoms with Gasteiger partial charge in [-0.3, -0.25) is 4.79 Å². The third kappa shape index (κ3) is 6.84. The van der Waals surface area contributed by atoms with E-state index in [4.69, 9.17) is 11.6 Å². The summed E-state index contributed by atoms with van der Waals surface area (Å²) in [5.41, 5.74) is 3.07. The van der Waals surface area contributed by atoms with Gasteiger partial charge >= 0.3 is 0 Å². The van der Waals surface area contributed by atoms with Crippen molar-refractivity contribution in [3.63, 3.8) is 0 Å². The zero-order chi connectivity index (χ0) is 20.5. The lowest BCUT2D eigenvalue weighted by atomic mass is 10.1. The Morgan fingerprint density at radius 3 is 2.34 bits per heavy atom. The molecule has 0 atom stereocenters. The van der Waals surface area contributed by atoms with Gasteiger partial charge in [-0.25, -0.2) is 0 Å². The van der Waals surface area contributed by atoms with Crippen molar-refractivity contribution >= 4 is 35.0 Å². The van der Waals surface area contributed by atoms with Crippen molar-refractivity contribution in [2.24, 2.45) is 0 Å². The second-order valence-corrected chi connectivity index (χ2v) is 8.29. The smallest absolute Gasteiger partial charge is 0.251 e. The normalized spacial score (nSPS) is 10.6. The Kier molecular flexibility index (Phi) is 8.03. The minimum Gasteiger partial charge on any atom is -0.375 e. The number of amides is 1. The summed E-state index contributed by atoms with van der Waals surface area (Å²) < 4.78 is 0. The van der Waals surface area contributed by atoms with Gasteiger partial charge in [0.2, 0.25) is 0 Å². The lowest BCUT2D eigenvalue weighted by molar-refractivity contribution is 0.0953. The molecule has 0 radical (unpaired) electrons. The van der Waals surface area contributed by atoms with E-state index < -0.39 is 0 Å². The van der Waals surface area contributed by atoms with E-state index in [9.17, 15) is 4.79 Å². The molecular formula is C24H25ClN2OS. The number of para-hydroxylation sites is 1. The van der Waals surface area contributed by atoms with Crippen LogP contribution in [0.5, 0.6) is 0 Å². The van der Waals surface area contributed by atoms with E-state index >= 15 is 0 Å². The molecule has 1 N–H and O–H groups in total. The van der Waals surface area contributed by atoms with Gasteiger partial charge in [-0.1, -0.05) is 41.9 Å². The molecule has 0 aliphatic carbocycles. The first-order valence-corrected chi connectivity index (χ1v) is 11.0. The fourth-order valence-electron chi connectivity index (χ4n) is 2.88. The summed E-state index contributed by atoms with van der Waals surface area (Å²) in [5, 5.41) is 3.75. The zero-order valence-electron chi connectivity index (χ0n) is 16.5.